The molecule has 1 aliphatic heterocycles. The summed E-state index contributed by atoms with van der Waals surface area (Å²) in [5.74, 6) is 3.08. The highest BCUT2D eigenvalue weighted by Crippen LogP contribution is 2.14. The molecule has 0 bridgehead atoms. The Balaban J connectivity index is 2.11. The molecule has 1 aromatic heterocycles. The first kappa shape index (κ1) is 10.4. The molecule has 0 amide bonds. The van der Waals surface area contributed by atoms with Crippen LogP contribution >= 0.6 is 0 Å². The number of rotatable bonds is 2. The van der Waals surface area contributed by atoms with Gasteiger partial charge in [-0.1, -0.05) is 0 Å². The molecule has 0 radical (unpaired) electrons. The maximum absolute atomic E-state index is 11.2. The molecule has 0 aromatic carbocycles. The van der Waals surface area contributed by atoms with E-state index in [0.29, 0.717) is 0 Å². The second kappa shape index (κ2) is 4.57. The van der Waals surface area contributed by atoms with Crippen molar-refractivity contribution in [2.24, 2.45) is 0 Å². The molecule has 2 rings (SSSR count). The Labute approximate surface area is 91.4 Å². The molecular weight excluding hydrogens is 212 g/mol. The smallest absolute Gasteiger partial charge is 0.149 e. The number of anilines is 2. The number of hydrogen-bond donors (Lipinski definition) is 1. The van der Waals surface area contributed by atoms with Crippen LogP contribution in [0.1, 0.15) is 0 Å². The fourth-order valence-electron chi connectivity index (χ4n) is 1.50. The topological polar surface area (TPSA) is 58.1 Å². The van der Waals surface area contributed by atoms with Crippen LogP contribution in [0.5, 0.6) is 0 Å². The summed E-state index contributed by atoms with van der Waals surface area (Å²) >= 11 is 0. The second-order valence-corrected chi connectivity index (χ2v) is 5.04. The predicted molar refractivity (Wildman–Crippen MR) is 61.7 cm³/mol. The SMILES string of the molecule is CNc1cncc(N2CCS(=O)CC2)n1. The van der Waals surface area contributed by atoms with Gasteiger partial charge in [0.15, 0.2) is 0 Å². The van der Waals surface area contributed by atoms with E-state index in [4.69, 9.17) is 0 Å². The third-order valence-corrected chi connectivity index (χ3v) is 3.66. The lowest BCUT2D eigenvalue weighted by Gasteiger charge is -2.27. The van der Waals surface area contributed by atoms with Gasteiger partial charge in [-0.3, -0.25) is 9.19 Å². The molecule has 1 saturated heterocycles. The average molecular weight is 226 g/mol. The molecule has 2 heterocycles. The van der Waals surface area contributed by atoms with E-state index in [9.17, 15) is 4.21 Å². The van der Waals surface area contributed by atoms with Crippen LogP contribution in [0.15, 0.2) is 12.4 Å². The summed E-state index contributed by atoms with van der Waals surface area (Å²) in [5, 5.41) is 2.95. The molecule has 0 spiro atoms. The number of hydrogen-bond acceptors (Lipinski definition) is 5. The highest BCUT2D eigenvalue weighted by Gasteiger charge is 2.16. The van der Waals surface area contributed by atoms with Gasteiger partial charge in [-0.15, -0.1) is 0 Å². The van der Waals surface area contributed by atoms with Crippen molar-refractivity contribution in [2.45, 2.75) is 0 Å². The van der Waals surface area contributed by atoms with Crippen LogP contribution in [0.2, 0.25) is 0 Å². The molecular formula is C9H14N4OS. The molecule has 82 valence electrons. The normalized spacial score (nSPS) is 17.8. The molecule has 0 atom stereocenters. The second-order valence-electron chi connectivity index (χ2n) is 3.35. The molecule has 15 heavy (non-hydrogen) atoms. The lowest BCUT2D eigenvalue weighted by atomic mass is 10.4. The van der Waals surface area contributed by atoms with Gasteiger partial charge in [0.1, 0.15) is 11.6 Å². The maximum Gasteiger partial charge on any atom is 0.149 e. The number of nitrogens with zero attached hydrogens (tertiary/aromatic N) is 3. The molecule has 1 aromatic rings. The Hall–Kier alpha value is -1.17. The van der Waals surface area contributed by atoms with E-state index in [0.717, 1.165) is 36.2 Å². The summed E-state index contributed by atoms with van der Waals surface area (Å²) in [6, 6.07) is 0. The Morgan fingerprint density at radius 1 is 1.40 bits per heavy atom. The molecule has 0 unspecified atom stereocenters. The van der Waals surface area contributed by atoms with Crippen LogP contribution in [0.25, 0.3) is 0 Å². The maximum atomic E-state index is 11.2. The number of aromatic nitrogens is 2. The zero-order valence-electron chi connectivity index (χ0n) is 8.64. The van der Waals surface area contributed by atoms with Crippen LogP contribution in [-0.4, -0.2) is 45.8 Å². The van der Waals surface area contributed by atoms with Gasteiger partial charge >= 0.3 is 0 Å². The lowest BCUT2D eigenvalue weighted by molar-refractivity contribution is 0.672. The van der Waals surface area contributed by atoms with Crippen LogP contribution in [0.3, 0.4) is 0 Å². The third-order valence-electron chi connectivity index (χ3n) is 2.38. The van der Waals surface area contributed by atoms with E-state index in [1.54, 1.807) is 12.4 Å². The first-order valence-corrected chi connectivity index (χ1v) is 6.38. The van der Waals surface area contributed by atoms with Gasteiger partial charge in [-0.25, -0.2) is 4.98 Å². The third kappa shape index (κ3) is 2.44. The summed E-state index contributed by atoms with van der Waals surface area (Å²) in [6.45, 7) is 1.60. The fraction of sp³-hybridized carbons (Fsp3) is 0.556. The van der Waals surface area contributed by atoms with Gasteiger partial charge in [0, 0.05) is 42.4 Å². The van der Waals surface area contributed by atoms with Crippen molar-refractivity contribution < 1.29 is 4.21 Å². The zero-order chi connectivity index (χ0) is 10.7. The van der Waals surface area contributed by atoms with Gasteiger partial charge in [0.05, 0.1) is 12.4 Å². The van der Waals surface area contributed by atoms with E-state index >= 15 is 0 Å². The Morgan fingerprint density at radius 3 is 2.80 bits per heavy atom. The molecule has 0 aliphatic carbocycles. The highest BCUT2D eigenvalue weighted by atomic mass is 32.2. The minimum atomic E-state index is -0.647. The Bertz CT molecular complexity index is 361. The highest BCUT2D eigenvalue weighted by molar-refractivity contribution is 7.85. The van der Waals surface area contributed by atoms with Crippen LogP contribution in [0, 0.1) is 0 Å². The van der Waals surface area contributed by atoms with Crippen molar-refractivity contribution in [2.75, 3.05) is 41.9 Å². The van der Waals surface area contributed by atoms with Gasteiger partial charge < -0.3 is 10.2 Å². The molecule has 5 nitrogen and oxygen atoms in total. The summed E-state index contributed by atoms with van der Waals surface area (Å²) < 4.78 is 11.2. The monoisotopic (exact) mass is 226 g/mol. The fourth-order valence-corrected chi connectivity index (χ4v) is 2.55. The minimum Gasteiger partial charge on any atom is -0.372 e. The molecule has 0 saturated carbocycles. The Kier molecular flexibility index (Phi) is 3.15. The standard InChI is InChI=1S/C9H14N4OS/c1-10-8-6-11-7-9(12-8)13-2-4-15(14)5-3-13/h6-7H,2-5H2,1H3,(H,10,12). The van der Waals surface area contributed by atoms with Crippen molar-refractivity contribution >= 4 is 22.4 Å². The minimum absolute atomic E-state index is 0.647. The molecule has 6 heteroatoms. The average Bonchev–Trinajstić information content (AvgIpc) is 2.30. The van der Waals surface area contributed by atoms with Crippen molar-refractivity contribution in [1.29, 1.82) is 0 Å². The van der Waals surface area contributed by atoms with Crippen molar-refractivity contribution in [3.8, 4) is 0 Å². The first-order valence-electron chi connectivity index (χ1n) is 4.89. The van der Waals surface area contributed by atoms with Crippen LogP contribution in [-0.2, 0) is 10.8 Å². The van der Waals surface area contributed by atoms with E-state index < -0.39 is 10.8 Å². The van der Waals surface area contributed by atoms with Crippen LogP contribution < -0.4 is 10.2 Å². The van der Waals surface area contributed by atoms with E-state index in [1.807, 2.05) is 7.05 Å². The molecule has 1 fully saturated rings. The first-order chi connectivity index (χ1) is 7.29. The van der Waals surface area contributed by atoms with Crippen LogP contribution in [0.4, 0.5) is 11.6 Å². The van der Waals surface area contributed by atoms with E-state index in [2.05, 4.69) is 20.2 Å². The predicted octanol–water partition coefficient (Wildman–Crippen LogP) is 0.0870. The largest absolute Gasteiger partial charge is 0.372 e. The van der Waals surface area contributed by atoms with Crippen molar-refractivity contribution in [3.63, 3.8) is 0 Å². The molecule has 1 aliphatic rings. The quantitative estimate of drug-likeness (QED) is 0.774. The summed E-state index contributed by atoms with van der Waals surface area (Å²) in [5.41, 5.74) is 0. The number of nitrogens with one attached hydrogen (secondary N) is 1. The van der Waals surface area contributed by atoms with Gasteiger partial charge in [0.2, 0.25) is 0 Å². The molecule has 1 N–H and O–H groups in total. The van der Waals surface area contributed by atoms with E-state index in [-0.39, 0.29) is 0 Å². The van der Waals surface area contributed by atoms with Gasteiger partial charge in [-0.05, 0) is 0 Å². The van der Waals surface area contributed by atoms with E-state index in [1.165, 1.54) is 0 Å². The van der Waals surface area contributed by atoms with Gasteiger partial charge in [-0.2, -0.15) is 0 Å². The van der Waals surface area contributed by atoms with Crippen molar-refractivity contribution in [3.05, 3.63) is 12.4 Å². The lowest BCUT2D eigenvalue weighted by Crippen LogP contribution is -2.38. The summed E-state index contributed by atoms with van der Waals surface area (Å²) in [6.07, 6.45) is 3.43. The van der Waals surface area contributed by atoms with Crippen molar-refractivity contribution in [1.82, 2.24) is 9.97 Å². The summed E-state index contributed by atoms with van der Waals surface area (Å²) in [7, 11) is 1.17. The summed E-state index contributed by atoms with van der Waals surface area (Å²) in [4.78, 5) is 10.6. The zero-order valence-corrected chi connectivity index (χ0v) is 9.46. The van der Waals surface area contributed by atoms with Gasteiger partial charge in [0.25, 0.3) is 0 Å². The Morgan fingerprint density at radius 2 is 2.13 bits per heavy atom.